The van der Waals surface area contributed by atoms with Crippen LogP contribution in [-0.2, 0) is 0 Å². The van der Waals surface area contributed by atoms with Crippen LogP contribution in [0.4, 0.5) is 0 Å². The maximum atomic E-state index is 5.66. The van der Waals surface area contributed by atoms with Gasteiger partial charge in [0.2, 0.25) is 0 Å². The summed E-state index contributed by atoms with van der Waals surface area (Å²) in [6, 6.07) is 8.17. The van der Waals surface area contributed by atoms with E-state index in [0.29, 0.717) is 0 Å². The second-order valence-electron chi connectivity index (χ2n) is 4.55. The molecule has 0 saturated carbocycles. The van der Waals surface area contributed by atoms with Crippen LogP contribution < -0.4 is 10.1 Å². The van der Waals surface area contributed by atoms with Crippen molar-refractivity contribution in [3.05, 3.63) is 42.5 Å². The Labute approximate surface area is 111 Å². The van der Waals surface area contributed by atoms with E-state index < -0.39 is 0 Å². The van der Waals surface area contributed by atoms with Gasteiger partial charge in [-0.3, -0.25) is 0 Å². The number of hydrogen-bond acceptors (Lipinski definition) is 2. The van der Waals surface area contributed by atoms with Gasteiger partial charge in [0.05, 0.1) is 0 Å². The lowest BCUT2D eigenvalue weighted by Gasteiger charge is -2.08. The predicted octanol–water partition coefficient (Wildman–Crippen LogP) is 3.71. The quantitative estimate of drug-likeness (QED) is 0.502. The number of aryl methyl sites for hydroxylation is 1. The van der Waals surface area contributed by atoms with Gasteiger partial charge in [0.25, 0.3) is 0 Å². The number of ether oxygens (including phenoxy) is 1. The molecule has 0 aliphatic carbocycles. The van der Waals surface area contributed by atoms with Crippen molar-refractivity contribution in [2.75, 3.05) is 19.7 Å². The molecule has 2 nitrogen and oxygen atoms in total. The van der Waals surface area contributed by atoms with Gasteiger partial charge in [-0.15, -0.1) is 6.58 Å². The van der Waals surface area contributed by atoms with Gasteiger partial charge in [0.15, 0.2) is 0 Å². The van der Waals surface area contributed by atoms with E-state index in [-0.39, 0.29) is 0 Å². The zero-order chi connectivity index (χ0) is 13.1. The molecule has 1 rings (SSSR count). The third kappa shape index (κ3) is 7.13. The standard InChI is InChI=1S/C16H25NO/c1-3-4-5-6-7-11-17-12-13-18-16-10-8-9-15(2)14-16/h3,8-10,14,17H,1,4-7,11-13H2,2H3. The number of benzene rings is 1. The lowest BCUT2D eigenvalue weighted by atomic mass is 10.2. The zero-order valence-corrected chi connectivity index (χ0v) is 11.5. The van der Waals surface area contributed by atoms with Gasteiger partial charge < -0.3 is 10.1 Å². The summed E-state index contributed by atoms with van der Waals surface area (Å²) in [4.78, 5) is 0. The number of rotatable bonds is 10. The molecule has 0 heterocycles. The van der Waals surface area contributed by atoms with Crippen LogP contribution in [0.5, 0.6) is 5.75 Å². The van der Waals surface area contributed by atoms with Crippen molar-refractivity contribution in [1.82, 2.24) is 5.32 Å². The predicted molar refractivity (Wildman–Crippen MR) is 78.2 cm³/mol. The van der Waals surface area contributed by atoms with Gasteiger partial charge in [-0.2, -0.15) is 0 Å². The summed E-state index contributed by atoms with van der Waals surface area (Å²) in [6.07, 6.45) is 6.89. The monoisotopic (exact) mass is 247 g/mol. The normalized spacial score (nSPS) is 10.3. The van der Waals surface area contributed by atoms with E-state index in [9.17, 15) is 0 Å². The Morgan fingerprint density at radius 3 is 2.89 bits per heavy atom. The van der Waals surface area contributed by atoms with E-state index >= 15 is 0 Å². The maximum Gasteiger partial charge on any atom is 0.119 e. The topological polar surface area (TPSA) is 21.3 Å². The summed E-state index contributed by atoms with van der Waals surface area (Å²) in [5.41, 5.74) is 1.24. The van der Waals surface area contributed by atoms with Gasteiger partial charge in [0.1, 0.15) is 12.4 Å². The molecule has 1 aromatic rings. The fraction of sp³-hybridized carbons (Fsp3) is 0.500. The van der Waals surface area contributed by atoms with E-state index in [0.717, 1.165) is 31.9 Å². The van der Waals surface area contributed by atoms with Crippen molar-refractivity contribution in [3.63, 3.8) is 0 Å². The van der Waals surface area contributed by atoms with Crippen LogP contribution in [-0.4, -0.2) is 19.7 Å². The highest BCUT2D eigenvalue weighted by Crippen LogP contribution is 2.11. The van der Waals surface area contributed by atoms with Crippen molar-refractivity contribution < 1.29 is 4.74 Å². The van der Waals surface area contributed by atoms with Gasteiger partial charge >= 0.3 is 0 Å². The molecule has 0 unspecified atom stereocenters. The first kappa shape index (κ1) is 14.8. The Hall–Kier alpha value is -1.28. The summed E-state index contributed by atoms with van der Waals surface area (Å²) < 4.78 is 5.66. The van der Waals surface area contributed by atoms with Crippen LogP contribution in [0, 0.1) is 6.92 Å². The molecule has 0 bridgehead atoms. The zero-order valence-electron chi connectivity index (χ0n) is 11.5. The third-order valence-electron chi connectivity index (χ3n) is 2.80. The van der Waals surface area contributed by atoms with Crippen LogP contribution in [0.3, 0.4) is 0 Å². The smallest absolute Gasteiger partial charge is 0.119 e. The summed E-state index contributed by atoms with van der Waals surface area (Å²) in [5, 5.41) is 3.40. The Kier molecular flexibility index (Phi) is 7.98. The second-order valence-corrected chi connectivity index (χ2v) is 4.55. The maximum absolute atomic E-state index is 5.66. The largest absolute Gasteiger partial charge is 0.492 e. The van der Waals surface area contributed by atoms with Gasteiger partial charge in [-0.05, 0) is 50.4 Å². The minimum absolute atomic E-state index is 0.732. The van der Waals surface area contributed by atoms with Crippen LogP contribution in [0.1, 0.15) is 31.2 Å². The number of allylic oxidation sites excluding steroid dienone is 1. The molecule has 0 aromatic heterocycles. The highest BCUT2D eigenvalue weighted by Gasteiger charge is 1.93. The molecular weight excluding hydrogens is 222 g/mol. The van der Waals surface area contributed by atoms with E-state index in [1.807, 2.05) is 18.2 Å². The Morgan fingerprint density at radius 2 is 2.11 bits per heavy atom. The van der Waals surface area contributed by atoms with Crippen LogP contribution in [0.15, 0.2) is 36.9 Å². The summed E-state index contributed by atoms with van der Waals surface area (Å²) in [6.45, 7) is 8.52. The van der Waals surface area contributed by atoms with Crippen molar-refractivity contribution in [2.45, 2.75) is 32.6 Å². The summed E-state index contributed by atoms with van der Waals surface area (Å²) in [5.74, 6) is 0.961. The number of unbranched alkanes of at least 4 members (excludes halogenated alkanes) is 3. The molecule has 100 valence electrons. The van der Waals surface area contributed by atoms with Crippen LogP contribution in [0.2, 0.25) is 0 Å². The minimum atomic E-state index is 0.732. The van der Waals surface area contributed by atoms with E-state index in [4.69, 9.17) is 4.74 Å². The molecule has 0 radical (unpaired) electrons. The first-order valence-electron chi connectivity index (χ1n) is 6.84. The SMILES string of the molecule is C=CCCCCCNCCOc1cccc(C)c1. The fourth-order valence-electron chi connectivity index (χ4n) is 1.79. The Balaban J connectivity index is 1.94. The molecule has 18 heavy (non-hydrogen) atoms. The highest BCUT2D eigenvalue weighted by atomic mass is 16.5. The first-order chi connectivity index (χ1) is 8.83. The molecule has 0 aliphatic rings. The van der Waals surface area contributed by atoms with Crippen LogP contribution >= 0.6 is 0 Å². The minimum Gasteiger partial charge on any atom is -0.492 e. The number of nitrogens with one attached hydrogen (secondary N) is 1. The molecule has 0 saturated heterocycles. The molecule has 1 aromatic carbocycles. The average Bonchev–Trinajstić information content (AvgIpc) is 2.37. The molecule has 0 spiro atoms. The van der Waals surface area contributed by atoms with Crippen molar-refractivity contribution in [2.24, 2.45) is 0 Å². The molecular formula is C16H25NO. The Bertz CT molecular complexity index is 336. The lowest BCUT2D eigenvalue weighted by molar-refractivity contribution is 0.313. The molecule has 2 heteroatoms. The molecule has 0 amide bonds. The highest BCUT2D eigenvalue weighted by molar-refractivity contribution is 5.27. The van der Waals surface area contributed by atoms with Gasteiger partial charge in [0, 0.05) is 6.54 Å². The molecule has 0 aliphatic heterocycles. The first-order valence-corrected chi connectivity index (χ1v) is 6.84. The van der Waals surface area contributed by atoms with Crippen molar-refractivity contribution >= 4 is 0 Å². The van der Waals surface area contributed by atoms with Crippen molar-refractivity contribution in [3.8, 4) is 5.75 Å². The second kappa shape index (κ2) is 9.72. The van der Waals surface area contributed by atoms with E-state index in [2.05, 4.69) is 31.0 Å². The summed E-state index contributed by atoms with van der Waals surface area (Å²) in [7, 11) is 0. The average molecular weight is 247 g/mol. The van der Waals surface area contributed by atoms with E-state index in [1.165, 1.54) is 24.8 Å². The fourth-order valence-corrected chi connectivity index (χ4v) is 1.79. The van der Waals surface area contributed by atoms with Gasteiger partial charge in [-0.1, -0.05) is 24.6 Å². The molecule has 1 N–H and O–H groups in total. The molecule has 0 atom stereocenters. The van der Waals surface area contributed by atoms with Crippen molar-refractivity contribution in [1.29, 1.82) is 0 Å². The third-order valence-corrected chi connectivity index (χ3v) is 2.80. The summed E-state index contributed by atoms with van der Waals surface area (Å²) >= 11 is 0. The van der Waals surface area contributed by atoms with E-state index in [1.54, 1.807) is 0 Å². The van der Waals surface area contributed by atoms with Gasteiger partial charge in [-0.25, -0.2) is 0 Å². The number of hydrogen-bond donors (Lipinski definition) is 1. The molecule has 0 fully saturated rings. The lowest BCUT2D eigenvalue weighted by Crippen LogP contribution is -2.22. The van der Waals surface area contributed by atoms with Crippen LogP contribution in [0.25, 0.3) is 0 Å². The Morgan fingerprint density at radius 1 is 1.22 bits per heavy atom.